The zero-order valence-corrected chi connectivity index (χ0v) is 13.6. The van der Waals surface area contributed by atoms with Crippen LogP contribution < -0.4 is 10.1 Å². The largest absolute Gasteiger partial charge is 0.573 e. The number of aromatic nitrogens is 1. The quantitative estimate of drug-likeness (QED) is 0.690. The molecule has 0 unspecified atom stereocenters. The Morgan fingerprint density at radius 1 is 1.14 bits per heavy atom. The maximum Gasteiger partial charge on any atom is 0.573 e. The fourth-order valence-corrected chi connectivity index (χ4v) is 2.29. The van der Waals surface area contributed by atoms with Crippen molar-refractivity contribution in [3.8, 4) is 5.75 Å². The van der Waals surface area contributed by atoms with Crippen LogP contribution in [0.5, 0.6) is 5.75 Å². The van der Waals surface area contributed by atoms with Gasteiger partial charge in [0.1, 0.15) is 10.4 Å². The van der Waals surface area contributed by atoms with Crippen molar-refractivity contribution in [2.45, 2.75) is 12.9 Å². The summed E-state index contributed by atoms with van der Waals surface area (Å²) in [5.41, 5.74) is 1.62. The zero-order valence-electron chi connectivity index (χ0n) is 10.4. The topological polar surface area (TPSA) is 34.1 Å². The van der Waals surface area contributed by atoms with Crippen LogP contribution in [0.2, 0.25) is 0 Å². The second kappa shape index (κ2) is 6.65. The number of anilines is 1. The van der Waals surface area contributed by atoms with Crippen molar-refractivity contribution in [2.24, 2.45) is 0 Å². The van der Waals surface area contributed by atoms with Gasteiger partial charge in [-0.2, -0.15) is 0 Å². The first kappa shape index (κ1) is 16.1. The summed E-state index contributed by atoms with van der Waals surface area (Å²) in [6, 6.07) is 8.03. The van der Waals surface area contributed by atoms with E-state index in [1.807, 2.05) is 6.07 Å². The highest BCUT2D eigenvalue weighted by molar-refractivity contribution is 9.10. The lowest BCUT2D eigenvalue weighted by Gasteiger charge is -2.12. The van der Waals surface area contributed by atoms with Crippen molar-refractivity contribution >= 4 is 37.5 Å². The predicted molar refractivity (Wildman–Crippen MR) is 80.1 cm³/mol. The average Bonchev–Trinajstić information content (AvgIpc) is 2.40. The third-order valence-electron chi connectivity index (χ3n) is 2.45. The van der Waals surface area contributed by atoms with Crippen molar-refractivity contribution in [3.63, 3.8) is 0 Å². The lowest BCUT2D eigenvalue weighted by atomic mass is 10.2. The van der Waals surface area contributed by atoms with E-state index in [0.717, 1.165) is 15.9 Å². The standard InChI is InChI=1S/C13H9Br2F3N2O/c14-10-5-8(1-3-11(10)21-13(16,17)18)6-19-9-2-4-12(15)20-7-9/h1-5,7,19H,6H2. The number of nitrogens with one attached hydrogen (secondary N) is 1. The Morgan fingerprint density at radius 3 is 2.48 bits per heavy atom. The van der Waals surface area contributed by atoms with Gasteiger partial charge < -0.3 is 10.1 Å². The van der Waals surface area contributed by atoms with Crippen LogP contribution >= 0.6 is 31.9 Å². The third-order valence-corrected chi connectivity index (χ3v) is 3.53. The Bertz CT molecular complexity index is 618. The van der Waals surface area contributed by atoms with E-state index in [9.17, 15) is 13.2 Å². The maximum absolute atomic E-state index is 12.2. The summed E-state index contributed by atoms with van der Waals surface area (Å²) >= 11 is 6.30. The molecule has 0 atom stereocenters. The Kier molecular flexibility index (Phi) is 5.10. The van der Waals surface area contributed by atoms with E-state index in [1.54, 1.807) is 24.4 Å². The van der Waals surface area contributed by atoms with E-state index in [0.29, 0.717) is 6.54 Å². The number of hydrogen-bond donors (Lipinski definition) is 1. The molecule has 1 aromatic heterocycles. The van der Waals surface area contributed by atoms with Crippen LogP contribution in [-0.2, 0) is 6.54 Å². The molecular weight excluding hydrogens is 417 g/mol. The van der Waals surface area contributed by atoms with Crippen molar-refractivity contribution in [1.82, 2.24) is 4.98 Å². The number of hydrogen-bond acceptors (Lipinski definition) is 3. The number of rotatable bonds is 4. The number of ether oxygens (including phenoxy) is 1. The molecule has 0 bridgehead atoms. The molecule has 1 aromatic carbocycles. The van der Waals surface area contributed by atoms with Crippen molar-refractivity contribution < 1.29 is 17.9 Å². The monoisotopic (exact) mass is 424 g/mol. The minimum atomic E-state index is -4.70. The molecule has 0 saturated heterocycles. The molecule has 0 aliphatic rings. The van der Waals surface area contributed by atoms with Crippen molar-refractivity contribution in [3.05, 3.63) is 51.2 Å². The van der Waals surface area contributed by atoms with Gasteiger partial charge in [0.05, 0.1) is 16.4 Å². The van der Waals surface area contributed by atoms with E-state index in [-0.39, 0.29) is 10.2 Å². The molecule has 21 heavy (non-hydrogen) atoms. The first-order valence-corrected chi connectivity index (χ1v) is 7.32. The molecule has 1 N–H and O–H groups in total. The van der Waals surface area contributed by atoms with Gasteiger partial charge in [-0.1, -0.05) is 6.07 Å². The van der Waals surface area contributed by atoms with Gasteiger partial charge in [0, 0.05) is 6.54 Å². The molecule has 3 nitrogen and oxygen atoms in total. The summed E-state index contributed by atoms with van der Waals surface area (Å²) in [5, 5.41) is 3.12. The van der Waals surface area contributed by atoms with Gasteiger partial charge in [-0.15, -0.1) is 13.2 Å². The fourth-order valence-electron chi connectivity index (χ4n) is 1.55. The van der Waals surface area contributed by atoms with Crippen molar-refractivity contribution in [1.29, 1.82) is 0 Å². The molecule has 0 aliphatic heterocycles. The van der Waals surface area contributed by atoms with E-state index in [2.05, 4.69) is 46.9 Å². The Balaban J connectivity index is 2.01. The number of alkyl halides is 3. The lowest BCUT2D eigenvalue weighted by Crippen LogP contribution is -2.17. The molecule has 0 amide bonds. The average molecular weight is 426 g/mol. The molecule has 2 aromatic rings. The molecule has 1 heterocycles. The summed E-state index contributed by atoms with van der Waals surface area (Å²) in [7, 11) is 0. The fraction of sp³-hybridized carbons (Fsp3) is 0.154. The SMILES string of the molecule is FC(F)(F)Oc1ccc(CNc2ccc(Br)nc2)cc1Br. The normalized spacial score (nSPS) is 11.3. The maximum atomic E-state index is 12.2. The summed E-state index contributed by atoms with van der Waals surface area (Å²) in [6.07, 6.45) is -3.05. The van der Waals surface area contributed by atoms with Gasteiger partial charge in [-0.05, 0) is 61.7 Å². The first-order valence-electron chi connectivity index (χ1n) is 5.73. The number of halogens is 5. The Morgan fingerprint density at radius 2 is 1.90 bits per heavy atom. The van der Waals surface area contributed by atoms with Crippen LogP contribution in [-0.4, -0.2) is 11.3 Å². The molecule has 0 aliphatic carbocycles. The second-order valence-corrected chi connectivity index (χ2v) is 5.70. The third kappa shape index (κ3) is 5.20. The van der Waals surface area contributed by atoms with Crippen LogP contribution in [0, 0.1) is 0 Å². The second-order valence-electron chi connectivity index (χ2n) is 4.04. The minimum Gasteiger partial charge on any atom is -0.405 e. The van der Waals surface area contributed by atoms with Gasteiger partial charge >= 0.3 is 6.36 Å². The molecule has 0 fully saturated rings. The summed E-state index contributed by atoms with van der Waals surface area (Å²) in [6.45, 7) is 0.453. The molecular formula is C13H9Br2F3N2O. The van der Waals surface area contributed by atoms with Gasteiger partial charge in [-0.25, -0.2) is 4.98 Å². The summed E-state index contributed by atoms with van der Waals surface area (Å²) in [4.78, 5) is 4.06. The summed E-state index contributed by atoms with van der Waals surface area (Å²) in [5.74, 6) is -0.267. The van der Waals surface area contributed by atoms with E-state index in [1.165, 1.54) is 6.07 Å². The van der Waals surface area contributed by atoms with E-state index >= 15 is 0 Å². The highest BCUT2D eigenvalue weighted by Crippen LogP contribution is 2.31. The number of nitrogens with zero attached hydrogens (tertiary/aromatic N) is 1. The van der Waals surface area contributed by atoms with E-state index < -0.39 is 6.36 Å². The van der Waals surface area contributed by atoms with Gasteiger partial charge in [0.25, 0.3) is 0 Å². The Labute approximate surface area is 135 Å². The van der Waals surface area contributed by atoms with Gasteiger partial charge in [0.2, 0.25) is 0 Å². The van der Waals surface area contributed by atoms with Crippen LogP contribution in [0.3, 0.4) is 0 Å². The number of pyridine rings is 1. The molecule has 112 valence electrons. The molecule has 2 rings (SSSR count). The van der Waals surface area contributed by atoms with E-state index in [4.69, 9.17) is 0 Å². The minimum absolute atomic E-state index is 0.244. The predicted octanol–water partition coefficient (Wildman–Crippen LogP) is 5.12. The molecule has 0 saturated carbocycles. The highest BCUT2D eigenvalue weighted by atomic mass is 79.9. The Hall–Kier alpha value is -1.28. The van der Waals surface area contributed by atoms with Crippen LogP contribution in [0.25, 0.3) is 0 Å². The summed E-state index contributed by atoms with van der Waals surface area (Å²) < 4.78 is 41.3. The highest BCUT2D eigenvalue weighted by Gasteiger charge is 2.31. The van der Waals surface area contributed by atoms with Crippen LogP contribution in [0.15, 0.2) is 45.6 Å². The first-order chi connectivity index (χ1) is 9.83. The van der Waals surface area contributed by atoms with Gasteiger partial charge in [-0.3, -0.25) is 0 Å². The van der Waals surface area contributed by atoms with Gasteiger partial charge in [0.15, 0.2) is 0 Å². The smallest absolute Gasteiger partial charge is 0.405 e. The van der Waals surface area contributed by atoms with Crippen LogP contribution in [0.4, 0.5) is 18.9 Å². The molecule has 0 spiro atoms. The molecule has 8 heteroatoms. The number of benzene rings is 1. The molecule has 0 radical (unpaired) electrons. The lowest BCUT2D eigenvalue weighted by molar-refractivity contribution is -0.274. The zero-order chi connectivity index (χ0) is 15.5. The van der Waals surface area contributed by atoms with Crippen molar-refractivity contribution in [2.75, 3.05) is 5.32 Å². The van der Waals surface area contributed by atoms with Crippen LogP contribution in [0.1, 0.15) is 5.56 Å².